The highest BCUT2D eigenvalue weighted by atomic mass is 16.5. The Morgan fingerprint density at radius 2 is 2.12 bits per heavy atom. The molecule has 0 saturated carbocycles. The van der Waals surface area contributed by atoms with E-state index in [1.54, 1.807) is 7.11 Å². The standard InChI is InChI=1S/C14H17NO2/c1-11(2)14(16)15-10-6-8-12-7-4-5-9-13(12)17-3/h4-5,7,9,11H,10H2,1-3H3,(H,15,16). The lowest BCUT2D eigenvalue weighted by Gasteiger charge is -2.03. The lowest BCUT2D eigenvalue weighted by molar-refractivity contribution is -0.123. The van der Waals surface area contributed by atoms with Crippen LogP contribution in [0, 0.1) is 17.8 Å². The summed E-state index contributed by atoms with van der Waals surface area (Å²) in [6, 6.07) is 7.54. The molecule has 0 bridgehead atoms. The molecule has 1 amide bonds. The third-order valence-electron chi connectivity index (χ3n) is 2.21. The fourth-order valence-electron chi connectivity index (χ4n) is 1.22. The summed E-state index contributed by atoms with van der Waals surface area (Å²) < 4.78 is 5.17. The number of rotatable bonds is 3. The molecule has 3 heteroatoms. The van der Waals surface area contributed by atoms with Crippen LogP contribution < -0.4 is 10.1 Å². The molecule has 17 heavy (non-hydrogen) atoms. The number of hydrogen-bond donors (Lipinski definition) is 1. The second-order valence-corrected chi connectivity index (χ2v) is 3.87. The van der Waals surface area contributed by atoms with Gasteiger partial charge in [-0.15, -0.1) is 0 Å². The van der Waals surface area contributed by atoms with E-state index in [2.05, 4.69) is 17.2 Å². The van der Waals surface area contributed by atoms with E-state index in [-0.39, 0.29) is 11.8 Å². The van der Waals surface area contributed by atoms with Crippen LogP contribution in [0.4, 0.5) is 0 Å². The predicted octanol–water partition coefficient (Wildman–Crippen LogP) is 1.82. The van der Waals surface area contributed by atoms with Gasteiger partial charge < -0.3 is 10.1 Å². The lowest BCUT2D eigenvalue weighted by atomic mass is 10.2. The minimum absolute atomic E-state index is 0.0111. The van der Waals surface area contributed by atoms with Crippen molar-refractivity contribution in [3.8, 4) is 17.6 Å². The SMILES string of the molecule is COc1ccccc1C#CCNC(=O)C(C)C. The Morgan fingerprint density at radius 1 is 1.41 bits per heavy atom. The van der Waals surface area contributed by atoms with Gasteiger partial charge in [0.25, 0.3) is 0 Å². The summed E-state index contributed by atoms with van der Waals surface area (Å²) in [6.07, 6.45) is 0. The number of nitrogens with one attached hydrogen (secondary N) is 1. The summed E-state index contributed by atoms with van der Waals surface area (Å²) in [6.45, 7) is 4.06. The highest BCUT2D eigenvalue weighted by Crippen LogP contribution is 2.15. The van der Waals surface area contributed by atoms with Crippen LogP contribution >= 0.6 is 0 Å². The normalized spacial score (nSPS) is 9.41. The Balaban J connectivity index is 2.57. The van der Waals surface area contributed by atoms with Gasteiger partial charge in [-0.25, -0.2) is 0 Å². The van der Waals surface area contributed by atoms with Gasteiger partial charge in [0.05, 0.1) is 19.2 Å². The largest absolute Gasteiger partial charge is 0.495 e. The van der Waals surface area contributed by atoms with Crippen LogP contribution in [0.25, 0.3) is 0 Å². The van der Waals surface area contributed by atoms with Crippen molar-refractivity contribution in [1.29, 1.82) is 0 Å². The molecule has 0 unspecified atom stereocenters. The number of para-hydroxylation sites is 1. The van der Waals surface area contributed by atoms with Crippen molar-refractivity contribution in [3.05, 3.63) is 29.8 Å². The fourth-order valence-corrected chi connectivity index (χ4v) is 1.22. The maximum atomic E-state index is 11.3. The van der Waals surface area contributed by atoms with E-state index in [0.717, 1.165) is 11.3 Å². The van der Waals surface area contributed by atoms with Crippen molar-refractivity contribution in [2.45, 2.75) is 13.8 Å². The Kier molecular flexibility index (Phi) is 5.09. The van der Waals surface area contributed by atoms with E-state index >= 15 is 0 Å². The van der Waals surface area contributed by atoms with Crippen LogP contribution in [0.2, 0.25) is 0 Å². The fraction of sp³-hybridized carbons (Fsp3) is 0.357. The number of carbonyl (C=O) groups is 1. The van der Waals surface area contributed by atoms with Crippen molar-refractivity contribution >= 4 is 5.91 Å². The molecule has 0 saturated heterocycles. The smallest absolute Gasteiger partial charge is 0.223 e. The number of ether oxygens (including phenoxy) is 1. The summed E-state index contributed by atoms with van der Waals surface area (Å²) in [7, 11) is 1.61. The summed E-state index contributed by atoms with van der Waals surface area (Å²) in [5.74, 6) is 6.62. The Bertz CT molecular complexity index is 441. The quantitative estimate of drug-likeness (QED) is 0.806. The monoisotopic (exact) mass is 231 g/mol. The summed E-state index contributed by atoms with van der Waals surface area (Å²) in [4.78, 5) is 11.3. The first-order valence-electron chi connectivity index (χ1n) is 5.54. The van der Waals surface area contributed by atoms with Gasteiger partial charge in [0.2, 0.25) is 5.91 Å². The van der Waals surface area contributed by atoms with Crippen LogP contribution in [0.3, 0.4) is 0 Å². The topological polar surface area (TPSA) is 38.3 Å². The van der Waals surface area contributed by atoms with Crippen LogP contribution in [-0.2, 0) is 4.79 Å². The van der Waals surface area contributed by atoms with Gasteiger partial charge in [0, 0.05) is 5.92 Å². The molecule has 0 atom stereocenters. The van der Waals surface area contributed by atoms with E-state index in [4.69, 9.17) is 4.74 Å². The first kappa shape index (κ1) is 13.1. The number of hydrogen-bond acceptors (Lipinski definition) is 2. The molecule has 0 aliphatic heterocycles. The molecule has 0 spiro atoms. The molecule has 0 aliphatic rings. The van der Waals surface area contributed by atoms with Gasteiger partial charge >= 0.3 is 0 Å². The minimum atomic E-state index is -0.0111. The second kappa shape index (κ2) is 6.59. The number of benzene rings is 1. The van der Waals surface area contributed by atoms with Crippen LogP contribution in [0.15, 0.2) is 24.3 Å². The van der Waals surface area contributed by atoms with Crippen LogP contribution in [0.5, 0.6) is 5.75 Å². The molecule has 1 aromatic carbocycles. The summed E-state index contributed by atoms with van der Waals surface area (Å²) in [5, 5.41) is 2.74. The predicted molar refractivity (Wildman–Crippen MR) is 67.7 cm³/mol. The zero-order chi connectivity index (χ0) is 12.7. The molecule has 90 valence electrons. The van der Waals surface area contributed by atoms with E-state index in [1.807, 2.05) is 38.1 Å². The van der Waals surface area contributed by atoms with E-state index < -0.39 is 0 Å². The van der Waals surface area contributed by atoms with Crippen molar-refractivity contribution in [2.75, 3.05) is 13.7 Å². The zero-order valence-electron chi connectivity index (χ0n) is 10.4. The first-order valence-corrected chi connectivity index (χ1v) is 5.54. The second-order valence-electron chi connectivity index (χ2n) is 3.87. The van der Waals surface area contributed by atoms with Gasteiger partial charge in [0.15, 0.2) is 0 Å². The Morgan fingerprint density at radius 3 is 2.76 bits per heavy atom. The molecular formula is C14H17NO2. The van der Waals surface area contributed by atoms with Crippen molar-refractivity contribution in [2.24, 2.45) is 5.92 Å². The summed E-state index contributed by atoms with van der Waals surface area (Å²) >= 11 is 0. The van der Waals surface area contributed by atoms with E-state index in [9.17, 15) is 4.79 Å². The van der Waals surface area contributed by atoms with Crippen molar-refractivity contribution < 1.29 is 9.53 Å². The van der Waals surface area contributed by atoms with Gasteiger partial charge in [-0.1, -0.05) is 37.8 Å². The average Bonchev–Trinajstić information content (AvgIpc) is 2.34. The van der Waals surface area contributed by atoms with E-state index in [0.29, 0.717) is 6.54 Å². The van der Waals surface area contributed by atoms with Crippen LogP contribution in [-0.4, -0.2) is 19.6 Å². The third kappa shape index (κ3) is 4.20. The Hall–Kier alpha value is -1.95. The maximum Gasteiger partial charge on any atom is 0.223 e. The maximum absolute atomic E-state index is 11.3. The minimum Gasteiger partial charge on any atom is -0.495 e. The molecule has 3 nitrogen and oxygen atoms in total. The highest BCUT2D eigenvalue weighted by Gasteiger charge is 2.03. The number of methoxy groups -OCH3 is 1. The average molecular weight is 231 g/mol. The zero-order valence-corrected chi connectivity index (χ0v) is 10.4. The molecule has 1 N–H and O–H groups in total. The molecule has 1 aromatic rings. The van der Waals surface area contributed by atoms with Gasteiger partial charge in [0.1, 0.15) is 5.75 Å². The molecule has 0 radical (unpaired) electrons. The number of amides is 1. The third-order valence-corrected chi connectivity index (χ3v) is 2.21. The van der Waals surface area contributed by atoms with Crippen molar-refractivity contribution in [3.63, 3.8) is 0 Å². The van der Waals surface area contributed by atoms with E-state index in [1.165, 1.54) is 0 Å². The molecule has 0 aromatic heterocycles. The first-order chi connectivity index (χ1) is 8.15. The van der Waals surface area contributed by atoms with Gasteiger partial charge in [-0.3, -0.25) is 4.79 Å². The number of carbonyl (C=O) groups excluding carboxylic acids is 1. The van der Waals surface area contributed by atoms with Gasteiger partial charge in [-0.2, -0.15) is 0 Å². The molecular weight excluding hydrogens is 214 g/mol. The molecule has 1 rings (SSSR count). The summed E-state index contributed by atoms with van der Waals surface area (Å²) in [5.41, 5.74) is 0.828. The Labute approximate surface area is 102 Å². The van der Waals surface area contributed by atoms with Gasteiger partial charge in [-0.05, 0) is 12.1 Å². The molecule has 0 heterocycles. The lowest BCUT2D eigenvalue weighted by Crippen LogP contribution is -2.27. The highest BCUT2D eigenvalue weighted by molar-refractivity contribution is 5.78. The van der Waals surface area contributed by atoms with Crippen LogP contribution in [0.1, 0.15) is 19.4 Å². The molecule has 0 fully saturated rings. The van der Waals surface area contributed by atoms with Crippen molar-refractivity contribution in [1.82, 2.24) is 5.32 Å². The molecule has 0 aliphatic carbocycles.